The monoisotopic (exact) mass is 205 g/mol. The topological polar surface area (TPSA) is 52.3 Å². The molecule has 0 heterocycles. The molecule has 0 aliphatic heterocycles. The highest BCUT2D eigenvalue weighted by molar-refractivity contribution is 5.89. The predicted molar refractivity (Wildman–Crippen MR) is 57.3 cm³/mol. The van der Waals surface area contributed by atoms with Crippen molar-refractivity contribution in [1.82, 2.24) is 0 Å². The van der Waals surface area contributed by atoms with Crippen LogP contribution in [0.15, 0.2) is 24.3 Å². The van der Waals surface area contributed by atoms with E-state index in [9.17, 15) is 4.79 Å². The highest BCUT2D eigenvalue weighted by Gasteiger charge is 2.49. The van der Waals surface area contributed by atoms with E-state index in [2.05, 4.69) is 0 Å². The summed E-state index contributed by atoms with van der Waals surface area (Å²) in [5.41, 5.74) is 7.18. The van der Waals surface area contributed by atoms with Crippen molar-refractivity contribution in [2.75, 3.05) is 7.11 Å². The smallest absolute Gasteiger partial charge is 0.228 e. The molecule has 1 aliphatic rings. The van der Waals surface area contributed by atoms with Crippen molar-refractivity contribution in [2.24, 2.45) is 5.73 Å². The molecule has 80 valence electrons. The van der Waals surface area contributed by atoms with Crippen LogP contribution in [0.1, 0.15) is 24.0 Å². The Morgan fingerprint density at radius 2 is 2.00 bits per heavy atom. The second kappa shape index (κ2) is 3.66. The van der Waals surface area contributed by atoms with E-state index in [1.54, 1.807) is 7.11 Å². The highest BCUT2D eigenvalue weighted by Crippen LogP contribution is 2.47. The van der Waals surface area contributed by atoms with Crippen molar-refractivity contribution < 1.29 is 9.53 Å². The molecular formula is C12H15NO2. The van der Waals surface area contributed by atoms with Crippen molar-refractivity contribution >= 4 is 5.91 Å². The van der Waals surface area contributed by atoms with Gasteiger partial charge in [-0.25, -0.2) is 0 Å². The van der Waals surface area contributed by atoms with Gasteiger partial charge in [0, 0.05) is 7.11 Å². The lowest BCUT2D eigenvalue weighted by molar-refractivity contribution is -0.120. The van der Waals surface area contributed by atoms with Crippen LogP contribution in [0, 0.1) is 0 Å². The van der Waals surface area contributed by atoms with Crippen LogP contribution >= 0.6 is 0 Å². The third-order valence-electron chi connectivity index (χ3n) is 3.04. The molecule has 1 aromatic carbocycles. The third kappa shape index (κ3) is 1.75. The van der Waals surface area contributed by atoms with Crippen LogP contribution < -0.4 is 5.73 Å². The zero-order chi connectivity index (χ0) is 10.9. The van der Waals surface area contributed by atoms with E-state index in [0.717, 1.165) is 24.0 Å². The number of primary amides is 1. The fourth-order valence-electron chi connectivity index (χ4n) is 1.89. The molecule has 0 saturated heterocycles. The van der Waals surface area contributed by atoms with Crippen molar-refractivity contribution in [3.63, 3.8) is 0 Å². The van der Waals surface area contributed by atoms with E-state index >= 15 is 0 Å². The normalized spacial score (nSPS) is 17.4. The average Bonchev–Trinajstić information content (AvgIpc) is 3.00. The van der Waals surface area contributed by atoms with Crippen molar-refractivity contribution in [3.8, 4) is 0 Å². The Balaban J connectivity index is 2.20. The van der Waals surface area contributed by atoms with Gasteiger partial charge in [0.15, 0.2) is 0 Å². The number of carbonyl (C=O) groups excluding carboxylic acids is 1. The fraction of sp³-hybridized carbons (Fsp3) is 0.417. The number of rotatable bonds is 4. The molecule has 2 rings (SSSR count). The molecule has 0 unspecified atom stereocenters. The molecule has 0 atom stereocenters. The minimum atomic E-state index is -0.369. The summed E-state index contributed by atoms with van der Waals surface area (Å²) in [4.78, 5) is 11.3. The first-order valence-corrected chi connectivity index (χ1v) is 5.07. The van der Waals surface area contributed by atoms with Gasteiger partial charge in [0.05, 0.1) is 12.0 Å². The SMILES string of the molecule is COCc1ccc(C2(C(N)=O)CC2)cc1. The summed E-state index contributed by atoms with van der Waals surface area (Å²) in [6.07, 6.45) is 1.76. The van der Waals surface area contributed by atoms with E-state index in [1.165, 1.54) is 0 Å². The van der Waals surface area contributed by atoms with Crippen LogP contribution in [0.25, 0.3) is 0 Å². The minimum Gasteiger partial charge on any atom is -0.380 e. The maximum Gasteiger partial charge on any atom is 0.228 e. The Hall–Kier alpha value is -1.35. The summed E-state index contributed by atoms with van der Waals surface area (Å²) in [7, 11) is 1.67. The van der Waals surface area contributed by atoms with Crippen LogP contribution in [-0.2, 0) is 21.6 Å². The van der Waals surface area contributed by atoms with Gasteiger partial charge in [0.2, 0.25) is 5.91 Å². The Morgan fingerprint density at radius 3 is 2.40 bits per heavy atom. The summed E-state index contributed by atoms with van der Waals surface area (Å²) in [5.74, 6) is -0.206. The van der Waals surface area contributed by atoms with Gasteiger partial charge in [-0.2, -0.15) is 0 Å². The van der Waals surface area contributed by atoms with Crippen molar-refractivity contribution in [2.45, 2.75) is 24.9 Å². The van der Waals surface area contributed by atoms with Crippen molar-refractivity contribution in [1.29, 1.82) is 0 Å². The third-order valence-corrected chi connectivity index (χ3v) is 3.04. The standard InChI is InChI=1S/C12H15NO2/c1-15-8-9-2-4-10(5-3-9)12(6-7-12)11(13)14/h2-5H,6-8H2,1H3,(H2,13,14). The molecule has 1 amide bonds. The lowest BCUT2D eigenvalue weighted by Gasteiger charge is -2.11. The maximum absolute atomic E-state index is 11.3. The fourth-order valence-corrected chi connectivity index (χ4v) is 1.89. The first kappa shape index (κ1) is 10.2. The number of methoxy groups -OCH3 is 1. The van der Waals surface area contributed by atoms with E-state index in [0.29, 0.717) is 6.61 Å². The van der Waals surface area contributed by atoms with Gasteiger partial charge in [-0.05, 0) is 24.0 Å². The molecule has 0 spiro atoms. The van der Waals surface area contributed by atoms with Crippen molar-refractivity contribution in [3.05, 3.63) is 35.4 Å². The molecule has 0 bridgehead atoms. The van der Waals surface area contributed by atoms with E-state index in [1.807, 2.05) is 24.3 Å². The van der Waals surface area contributed by atoms with E-state index in [4.69, 9.17) is 10.5 Å². The number of hydrogen-bond acceptors (Lipinski definition) is 2. The van der Waals surface area contributed by atoms with Crippen LogP contribution in [0.4, 0.5) is 0 Å². The van der Waals surface area contributed by atoms with E-state index < -0.39 is 0 Å². The molecular weight excluding hydrogens is 190 g/mol. The minimum absolute atomic E-state index is 0.206. The second-order valence-corrected chi connectivity index (χ2v) is 4.08. The van der Waals surface area contributed by atoms with E-state index in [-0.39, 0.29) is 11.3 Å². The van der Waals surface area contributed by atoms with Gasteiger partial charge in [-0.1, -0.05) is 24.3 Å². The summed E-state index contributed by atoms with van der Waals surface area (Å²) in [6.45, 7) is 0.601. The molecule has 1 aromatic rings. The molecule has 3 nitrogen and oxygen atoms in total. The Labute approximate surface area is 89.2 Å². The largest absolute Gasteiger partial charge is 0.380 e. The highest BCUT2D eigenvalue weighted by atomic mass is 16.5. The number of amides is 1. The van der Waals surface area contributed by atoms with Gasteiger partial charge in [0.1, 0.15) is 0 Å². The molecule has 3 heteroatoms. The Kier molecular flexibility index (Phi) is 2.49. The predicted octanol–water partition coefficient (Wildman–Crippen LogP) is 1.35. The Bertz CT molecular complexity index is 366. The summed E-state index contributed by atoms with van der Waals surface area (Å²) < 4.78 is 5.02. The van der Waals surface area contributed by atoms with Crippen LogP contribution in [0.2, 0.25) is 0 Å². The van der Waals surface area contributed by atoms with Gasteiger partial charge >= 0.3 is 0 Å². The number of nitrogens with two attached hydrogens (primary N) is 1. The lowest BCUT2D eigenvalue weighted by atomic mass is 9.94. The summed E-state index contributed by atoms with van der Waals surface area (Å²) >= 11 is 0. The molecule has 0 radical (unpaired) electrons. The van der Waals surface area contributed by atoms with Gasteiger partial charge in [-0.15, -0.1) is 0 Å². The lowest BCUT2D eigenvalue weighted by Crippen LogP contribution is -2.28. The van der Waals surface area contributed by atoms with Gasteiger partial charge in [0.25, 0.3) is 0 Å². The maximum atomic E-state index is 11.3. The molecule has 2 N–H and O–H groups in total. The quantitative estimate of drug-likeness (QED) is 0.806. The summed E-state index contributed by atoms with van der Waals surface area (Å²) in [5, 5.41) is 0. The zero-order valence-corrected chi connectivity index (χ0v) is 8.82. The first-order chi connectivity index (χ1) is 7.19. The number of carbonyl (C=O) groups is 1. The second-order valence-electron chi connectivity index (χ2n) is 4.08. The van der Waals surface area contributed by atoms with Crippen LogP contribution in [0.3, 0.4) is 0 Å². The number of benzene rings is 1. The zero-order valence-electron chi connectivity index (χ0n) is 8.82. The molecule has 1 saturated carbocycles. The molecule has 1 fully saturated rings. The van der Waals surface area contributed by atoms with Gasteiger partial charge < -0.3 is 10.5 Å². The first-order valence-electron chi connectivity index (χ1n) is 5.07. The summed E-state index contributed by atoms with van der Waals surface area (Å²) in [6, 6.07) is 7.93. The average molecular weight is 205 g/mol. The Morgan fingerprint density at radius 1 is 1.40 bits per heavy atom. The molecule has 15 heavy (non-hydrogen) atoms. The van der Waals surface area contributed by atoms with Gasteiger partial charge in [-0.3, -0.25) is 4.79 Å². The number of ether oxygens (including phenoxy) is 1. The molecule has 1 aliphatic carbocycles. The number of hydrogen-bond donors (Lipinski definition) is 1. The molecule has 0 aromatic heterocycles. The van der Waals surface area contributed by atoms with Crippen LogP contribution in [0.5, 0.6) is 0 Å². The van der Waals surface area contributed by atoms with Crippen LogP contribution in [-0.4, -0.2) is 13.0 Å².